The molecule has 1 aromatic carbocycles. The van der Waals surface area contributed by atoms with E-state index in [9.17, 15) is 0 Å². The van der Waals surface area contributed by atoms with Crippen molar-refractivity contribution in [1.29, 1.82) is 0 Å². The van der Waals surface area contributed by atoms with Gasteiger partial charge in [-0.2, -0.15) is 0 Å². The molecule has 1 unspecified atom stereocenters. The van der Waals surface area contributed by atoms with Gasteiger partial charge in [0.2, 0.25) is 0 Å². The molecule has 1 atom stereocenters. The molecule has 1 aromatic heterocycles. The van der Waals surface area contributed by atoms with Gasteiger partial charge in [-0.3, -0.25) is 0 Å². The molecule has 2 aromatic rings. The van der Waals surface area contributed by atoms with Crippen LogP contribution in [-0.4, -0.2) is 24.0 Å². The van der Waals surface area contributed by atoms with E-state index in [1.807, 2.05) is 24.3 Å². The zero-order valence-corrected chi connectivity index (χ0v) is 11.4. The summed E-state index contributed by atoms with van der Waals surface area (Å²) in [5.74, 6) is 2.30. The van der Waals surface area contributed by atoms with Crippen LogP contribution in [0.5, 0.6) is 5.75 Å². The zero-order valence-electron chi connectivity index (χ0n) is 10.6. The highest BCUT2D eigenvalue weighted by Gasteiger charge is 2.08. The van der Waals surface area contributed by atoms with Crippen LogP contribution in [0.15, 0.2) is 30.5 Å². The van der Waals surface area contributed by atoms with Gasteiger partial charge in [-0.25, -0.2) is 4.98 Å². The predicted molar refractivity (Wildman–Crippen MR) is 76.7 cm³/mol. The summed E-state index contributed by atoms with van der Waals surface area (Å²) in [6.45, 7) is 2.11. The van der Waals surface area contributed by atoms with Crippen molar-refractivity contribution in [3.8, 4) is 5.75 Å². The van der Waals surface area contributed by atoms with E-state index in [4.69, 9.17) is 16.3 Å². The van der Waals surface area contributed by atoms with Crippen molar-refractivity contribution >= 4 is 28.2 Å². The summed E-state index contributed by atoms with van der Waals surface area (Å²) in [7, 11) is 1.67. The quantitative estimate of drug-likeness (QED) is 0.837. The van der Waals surface area contributed by atoms with Crippen LogP contribution >= 0.6 is 11.6 Å². The van der Waals surface area contributed by atoms with Crippen molar-refractivity contribution in [2.45, 2.75) is 19.4 Å². The Morgan fingerprint density at radius 1 is 1.39 bits per heavy atom. The molecule has 1 heterocycles. The number of hydrogen-bond acceptors (Lipinski definition) is 3. The summed E-state index contributed by atoms with van der Waals surface area (Å²) in [5.41, 5.74) is 0. The number of ether oxygens (including phenoxy) is 1. The Bertz CT molecular complexity index is 526. The van der Waals surface area contributed by atoms with Crippen molar-refractivity contribution in [2.75, 3.05) is 18.3 Å². The summed E-state index contributed by atoms with van der Waals surface area (Å²) < 4.78 is 5.22. The second kappa shape index (κ2) is 5.91. The van der Waals surface area contributed by atoms with Gasteiger partial charge in [0.05, 0.1) is 7.11 Å². The van der Waals surface area contributed by atoms with E-state index in [2.05, 4.69) is 17.2 Å². The largest absolute Gasteiger partial charge is 0.497 e. The van der Waals surface area contributed by atoms with Gasteiger partial charge in [-0.05, 0) is 36.1 Å². The molecule has 0 aliphatic carbocycles. The Labute approximate surface area is 112 Å². The van der Waals surface area contributed by atoms with Gasteiger partial charge in [0.25, 0.3) is 0 Å². The van der Waals surface area contributed by atoms with Crippen molar-refractivity contribution in [3.63, 3.8) is 0 Å². The highest BCUT2D eigenvalue weighted by Crippen LogP contribution is 2.25. The lowest BCUT2D eigenvalue weighted by Gasteiger charge is -2.16. The van der Waals surface area contributed by atoms with Gasteiger partial charge in [0.1, 0.15) is 11.6 Å². The average molecular weight is 265 g/mol. The van der Waals surface area contributed by atoms with Crippen LogP contribution in [-0.2, 0) is 0 Å². The molecule has 3 nitrogen and oxygen atoms in total. The Balaban J connectivity index is 2.39. The maximum absolute atomic E-state index is 5.91. The fraction of sp³-hybridized carbons (Fsp3) is 0.357. The molecule has 2 rings (SSSR count). The van der Waals surface area contributed by atoms with Crippen molar-refractivity contribution in [3.05, 3.63) is 30.5 Å². The fourth-order valence-corrected chi connectivity index (χ4v) is 2.14. The molecule has 1 N–H and O–H groups in total. The minimum absolute atomic E-state index is 0.242. The van der Waals surface area contributed by atoms with Gasteiger partial charge in [-0.1, -0.05) is 6.92 Å². The van der Waals surface area contributed by atoms with Gasteiger partial charge in [-0.15, -0.1) is 11.6 Å². The third kappa shape index (κ3) is 2.67. The molecular weight excluding hydrogens is 248 g/mol. The first-order valence-electron chi connectivity index (χ1n) is 6.03. The van der Waals surface area contributed by atoms with E-state index < -0.39 is 0 Å². The van der Waals surface area contributed by atoms with Crippen LogP contribution in [0, 0.1) is 0 Å². The monoisotopic (exact) mass is 264 g/mol. The number of fused-ring (bicyclic) bond motifs is 1. The molecule has 0 aliphatic heterocycles. The van der Waals surface area contributed by atoms with Gasteiger partial charge >= 0.3 is 0 Å². The van der Waals surface area contributed by atoms with Crippen LogP contribution in [0.25, 0.3) is 10.8 Å². The number of hydrogen-bond donors (Lipinski definition) is 1. The molecule has 0 bridgehead atoms. The first kappa shape index (κ1) is 13.0. The van der Waals surface area contributed by atoms with E-state index in [0.29, 0.717) is 5.88 Å². The molecule has 96 valence electrons. The summed E-state index contributed by atoms with van der Waals surface area (Å²) in [6, 6.07) is 8.18. The van der Waals surface area contributed by atoms with Crippen LogP contribution in [0.4, 0.5) is 5.82 Å². The molecule has 4 heteroatoms. The van der Waals surface area contributed by atoms with Crippen molar-refractivity contribution in [2.24, 2.45) is 0 Å². The van der Waals surface area contributed by atoms with E-state index in [1.165, 1.54) is 0 Å². The number of nitrogens with one attached hydrogen (secondary N) is 1. The highest BCUT2D eigenvalue weighted by molar-refractivity contribution is 6.18. The van der Waals surface area contributed by atoms with E-state index in [0.717, 1.165) is 28.8 Å². The van der Waals surface area contributed by atoms with Gasteiger partial charge < -0.3 is 10.1 Å². The van der Waals surface area contributed by atoms with E-state index in [1.54, 1.807) is 13.3 Å². The summed E-state index contributed by atoms with van der Waals surface area (Å²) in [6.07, 6.45) is 2.77. The first-order valence-corrected chi connectivity index (χ1v) is 6.57. The van der Waals surface area contributed by atoms with Gasteiger partial charge in [0, 0.05) is 23.5 Å². The molecule has 0 spiro atoms. The van der Waals surface area contributed by atoms with E-state index >= 15 is 0 Å². The average Bonchev–Trinajstić information content (AvgIpc) is 2.44. The number of benzene rings is 1. The molecule has 0 amide bonds. The molecule has 18 heavy (non-hydrogen) atoms. The Morgan fingerprint density at radius 2 is 2.22 bits per heavy atom. The molecule has 0 saturated heterocycles. The lowest BCUT2D eigenvalue weighted by Crippen LogP contribution is -2.20. The lowest BCUT2D eigenvalue weighted by molar-refractivity contribution is 0.415. The maximum Gasteiger partial charge on any atom is 0.134 e. The predicted octanol–water partition coefficient (Wildman–Crippen LogP) is 3.67. The minimum Gasteiger partial charge on any atom is -0.497 e. The maximum atomic E-state index is 5.91. The molecule has 0 fully saturated rings. The Hall–Kier alpha value is -1.48. The number of anilines is 1. The zero-order chi connectivity index (χ0) is 13.0. The van der Waals surface area contributed by atoms with Crippen molar-refractivity contribution in [1.82, 2.24) is 4.98 Å². The normalized spacial score (nSPS) is 12.4. The molecule has 0 aliphatic rings. The smallest absolute Gasteiger partial charge is 0.134 e. The third-order valence-electron chi connectivity index (χ3n) is 2.99. The first-order chi connectivity index (χ1) is 8.78. The number of pyridine rings is 1. The Morgan fingerprint density at radius 3 is 2.89 bits per heavy atom. The van der Waals surface area contributed by atoms with Crippen LogP contribution in [0.2, 0.25) is 0 Å². The standard InChI is InChI=1S/C14H17ClN2O/c1-3-11(9-15)17-14-13-5-4-12(18-2)8-10(13)6-7-16-14/h4-8,11H,3,9H2,1-2H3,(H,16,17). The lowest BCUT2D eigenvalue weighted by atomic mass is 10.1. The minimum atomic E-state index is 0.242. The van der Waals surface area contributed by atoms with E-state index in [-0.39, 0.29) is 6.04 Å². The second-order valence-electron chi connectivity index (χ2n) is 4.15. The number of halogens is 1. The van der Waals surface area contributed by atoms with Crippen LogP contribution in [0.1, 0.15) is 13.3 Å². The van der Waals surface area contributed by atoms with Crippen molar-refractivity contribution < 1.29 is 4.74 Å². The number of methoxy groups -OCH3 is 1. The van der Waals surface area contributed by atoms with Crippen LogP contribution < -0.4 is 10.1 Å². The summed E-state index contributed by atoms with van der Waals surface area (Å²) >= 11 is 5.91. The topological polar surface area (TPSA) is 34.2 Å². The molecule has 0 saturated carbocycles. The highest BCUT2D eigenvalue weighted by atomic mass is 35.5. The number of alkyl halides is 1. The Kier molecular flexibility index (Phi) is 4.26. The second-order valence-corrected chi connectivity index (χ2v) is 4.46. The number of nitrogens with zero attached hydrogens (tertiary/aromatic N) is 1. The number of rotatable bonds is 5. The number of aromatic nitrogens is 1. The molecule has 0 radical (unpaired) electrons. The summed E-state index contributed by atoms with van der Waals surface area (Å²) in [5, 5.41) is 5.57. The van der Waals surface area contributed by atoms with Gasteiger partial charge in [0.15, 0.2) is 0 Å². The molecular formula is C14H17ClN2O. The van der Waals surface area contributed by atoms with Crippen LogP contribution in [0.3, 0.4) is 0 Å². The third-order valence-corrected chi connectivity index (χ3v) is 3.36. The fourth-order valence-electron chi connectivity index (χ4n) is 1.84. The summed E-state index contributed by atoms with van der Waals surface area (Å²) in [4.78, 5) is 4.39. The SMILES string of the molecule is CCC(CCl)Nc1nccc2cc(OC)ccc12.